The largest absolute Gasteiger partial charge is 0.466 e. The maximum atomic E-state index is 12.1. The molecule has 0 aliphatic carbocycles. The van der Waals surface area contributed by atoms with E-state index in [1.54, 1.807) is 6.92 Å². The lowest BCUT2D eigenvalue weighted by molar-refractivity contribution is -0.143. The molecule has 0 aliphatic heterocycles. The molecule has 0 saturated carbocycles. The maximum Gasteiger partial charge on any atom is 0.307 e. The van der Waals surface area contributed by atoms with Crippen LogP contribution in [0.15, 0.2) is 30.3 Å². The Labute approximate surface area is 114 Å². The Balaban J connectivity index is 2.51. The van der Waals surface area contributed by atoms with Crippen molar-refractivity contribution >= 4 is 11.9 Å². The van der Waals surface area contributed by atoms with Crippen LogP contribution in [-0.2, 0) is 19.7 Å². The fraction of sp³-hybridized carbons (Fsp3) is 0.467. The van der Waals surface area contributed by atoms with Crippen molar-refractivity contribution in [1.29, 1.82) is 0 Å². The van der Waals surface area contributed by atoms with E-state index < -0.39 is 5.41 Å². The number of hydrogen-bond donors (Lipinski definition) is 1. The summed E-state index contributed by atoms with van der Waals surface area (Å²) >= 11 is 0. The van der Waals surface area contributed by atoms with Gasteiger partial charge >= 0.3 is 5.97 Å². The van der Waals surface area contributed by atoms with Crippen LogP contribution in [0, 0.1) is 0 Å². The van der Waals surface area contributed by atoms with Gasteiger partial charge in [0.2, 0.25) is 5.91 Å². The molecule has 0 saturated heterocycles. The van der Waals surface area contributed by atoms with Crippen LogP contribution in [0.5, 0.6) is 0 Å². The van der Waals surface area contributed by atoms with E-state index in [1.165, 1.54) is 0 Å². The highest BCUT2D eigenvalue weighted by Gasteiger charge is 2.29. The monoisotopic (exact) mass is 263 g/mol. The van der Waals surface area contributed by atoms with Gasteiger partial charge in [-0.25, -0.2) is 0 Å². The molecule has 19 heavy (non-hydrogen) atoms. The smallest absolute Gasteiger partial charge is 0.307 e. The Bertz CT molecular complexity index is 426. The van der Waals surface area contributed by atoms with Crippen LogP contribution in [0.25, 0.3) is 0 Å². The number of hydrogen-bond acceptors (Lipinski definition) is 3. The SMILES string of the molecule is CCOC(=O)CCNC(=O)C(C)(C)c1ccccc1. The van der Waals surface area contributed by atoms with Gasteiger partial charge in [-0.05, 0) is 26.3 Å². The highest BCUT2D eigenvalue weighted by molar-refractivity contribution is 5.87. The average Bonchev–Trinajstić information content (AvgIpc) is 2.40. The van der Waals surface area contributed by atoms with E-state index >= 15 is 0 Å². The average molecular weight is 263 g/mol. The van der Waals surface area contributed by atoms with Gasteiger partial charge in [-0.1, -0.05) is 30.3 Å². The highest BCUT2D eigenvalue weighted by atomic mass is 16.5. The van der Waals surface area contributed by atoms with Gasteiger partial charge in [0.25, 0.3) is 0 Å². The summed E-state index contributed by atoms with van der Waals surface area (Å²) in [7, 11) is 0. The minimum absolute atomic E-state index is 0.0944. The predicted molar refractivity (Wildman–Crippen MR) is 73.7 cm³/mol. The zero-order valence-electron chi connectivity index (χ0n) is 11.7. The fourth-order valence-corrected chi connectivity index (χ4v) is 1.72. The molecule has 0 unspecified atom stereocenters. The van der Waals surface area contributed by atoms with Crippen molar-refractivity contribution in [3.05, 3.63) is 35.9 Å². The summed E-state index contributed by atoms with van der Waals surface area (Å²) in [5.41, 5.74) is 0.333. The molecule has 4 heteroatoms. The van der Waals surface area contributed by atoms with Crippen LogP contribution in [0.2, 0.25) is 0 Å². The number of amides is 1. The molecule has 1 aromatic rings. The van der Waals surface area contributed by atoms with E-state index in [9.17, 15) is 9.59 Å². The van der Waals surface area contributed by atoms with Gasteiger partial charge in [0, 0.05) is 6.54 Å². The van der Waals surface area contributed by atoms with E-state index in [0.717, 1.165) is 5.56 Å². The van der Waals surface area contributed by atoms with Crippen molar-refractivity contribution in [2.75, 3.05) is 13.2 Å². The topological polar surface area (TPSA) is 55.4 Å². The van der Waals surface area contributed by atoms with E-state index in [2.05, 4.69) is 5.32 Å². The molecule has 0 fully saturated rings. The van der Waals surface area contributed by atoms with Gasteiger partial charge in [-0.15, -0.1) is 0 Å². The summed E-state index contributed by atoms with van der Waals surface area (Å²) < 4.78 is 4.80. The summed E-state index contributed by atoms with van der Waals surface area (Å²) in [6.45, 7) is 6.15. The molecule has 1 aromatic carbocycles. The van der Waals surface area contributed by atoms with E-state index in [-0.39, 0.29) is 18.3 Å². The molecular formula is C15H21NO3. The van der Waals surface area contributed by atoms with Crippen molar-refractivity contribution in [2.45, 2.75) is 32.6 Å². The van der Waals surface area contributed by atoms with Crippen molar-refractivity contribution in [1.82, 2.24) is 5.32 Å². The van der Waals surface area contributed by atoms with Crippen LogP contribution < -0.4 is 5.32 Å². The molecule has 104 valence electrons. The molecule has 0 aliphatic rings. The zero-order chi connectivity index (χ0) is 14.3. The Hall–Kier alpha value is -1.84. The first-order valence-corrected chi connectivity index (χ1v) is 6.48. The van der Waals surface area contributed by atoms with Gasteiger partial charge < -0.3 is 10.1 Å². The summed E-state index contributed by atoms with van der Waals surface area (Å²) in [5, 5.41) is 2.77. The highest BCUT2D eigenvalue weighted by Crippen LogP contribution is 2.22. The summed E-state index contributed by atoms with van der Waals surface area (Å²) in [5.74, 6) is -0.386. The molecule has 0 heterocycles. The Morgan fingerprint density at radius 2 is 1.84 bits per heavy atom. The lowest BCUT2D eigenvalue weighted by Gasteiger charge is -2.24. The Morgan fingerprint density at radius 3 is 2.42 bits per heavy atom. The van der Waals surface area contributed by atoms with Crippen LogP contribution >= 0.6 is 0 Å². The second kappa shape index (κ2) is 6.92. The number of esters is 1. The molecule has 4 nitrogen and oxygen atoms in total. The van der Waals surface area contributed by atoms with Crippen LogP contribution in [0.3, 0.4) is 0 Å². The minimum atomic E-state index is -0.615. The predicted octanol–water partition coefficient (Wildman–Crippen LogP) is 2.03. The summed E-state index contributed by atoms with van der Waals surface area (Å²) in [4.78, 5) is 23.3. The third kappa shape index (κ3) is 4.39. The molecule has 1 rings (SSSR count). The molecule has 0 spiro atoms. The molecule has 0 atom stereocenters. The first kappa shape index (κ1) is 15.2. The second-order valence-corrected chi connectivity index (χ2v) is 4.80. The number of benzene rings is 1. The Kier molecular flexibility index (Phi) is 5.55. The first-order chi connectivity index (χ1) is 8.98. The molecule has 0 radical (unpaired) electrons. The van der Waals surface area contributed by atoms with E-state index in [4.69, 9.17) is 4.74 Å². The van der Waals surface area contributed by atoms with Gasteiger partial charge in [0.05, 0.1) is 18.4 Å². The maximum absolute atomic E-state index is 12.1. The first-order valence-electron chi connectivity index (χ1n) is 6.48. The van der Waals surface area contributed by atoms with E-state index in [1.807, 2.05) is 44.2 Å². The van der Waals surface area contributed by atoms with Crippen LogP contribution in [-0.4, -0.2) is 25.0 Å². The minimum Gasteiger partial charge on any atom is -0.466 e. The molecular weight excluding hydrogens is 242 g/mol. The molecule has 0 aromatic heterocycles. The molecule has 0 bridgehead atoms. The normalized spacial score (nSPS) is 10.9. The van der Waals surface area contributed by atoms with Crippen LogP contribution in [0.4, 0.5) is 0 Å². The fourth-order valence-electron chi connectivity index (χ4n) is 1.72. The lowest BCUT2D eigenvalue weighted by atomic mass is 9.84. The Morgan fingerprint density at radius 1 is 1.21 bits per heavy atom. The molecule has 1 N–H and O–H groups in total. The number of rotatable bonds is 6. The zero-order valence-corrected chi connectivity index (χ0v) is 11.7. The van der Waals surface area contributed by atoms with Crippen molar-refractivity contribution in [2.24, 2.45) is 0 Å². The molecule has 1 amide bonds. The van der Waals surface area contributed by atoms with Crippen molar-refractivity contribution in [3.8, 4) is 0 Å². The number of carbonyl (C=O) groups is 2. The quantitative estimate of drug-likeness (QED) is 0.799. The van der Waals surface area contributed by atoms with E-state index in [0.29, 0.717) is 13.2 Å². The van der Waals surface area contributed by atoms with Gasteiger partial charge in [-0.3, -0.25) is 9.59 Å². The van der Waals surface area contributed by atoms with Crippen molar-refractivity contribution < 1.29 is 14.3 Å². The van der Waals surface area contributed by atoms with Crippen LogP contribution in [0.1, 0.15) is 32.8 Å². The van der Waals surface area contributed by atoms with Crippen molar-refractivity contribution in [3.63, 3.8) is 0 Å². The second-order valence-electron chi connectivity index (χ2n) is 4.80. The number of ether oxygens (including phenoxy) is 1. The summed E-state index contributed by atoms with van der Waals surface area (Å²) in [6.07, 6.45) is 0.199. The number of carbonyl (C=O) groups excluding carboxylic acids is 2. The standard InChI is InChI=1S/C15H21NO3/c1-4-19-13(17)10-11-16-14(18)15(2,3)12-8-6-5-7-9-12/h5-9H,4,10-11H2,1-3H3,(H,16,18). The van der Waals surface area contributed by atoms with Gasteiger partial charge in [0.1, 0.15) is 0 Å². The third-order valence-electron chi connectivity index (χ3n) is 2.98. The summed E-state index contributed by atoms with van der Waals surface area (Å²) in [6, 6.07) is 9.57. The van der Waals surface area contributed by atoms with Gasteiger partial charge in [-0.2, -0.15) is 0 Å². The lowest BCUT2D eigenvalue weighted by Crippen LogP contribution is -2.40. The number of nitrogens with one attached hydrogen (secondary N) is 1. The van der Waals surface area contributed by atoms with Gasteiger partial charge in [0.15, 0.2) is 0 Å². The third-order valence-corrected chi connectivity index (χ3v) is 2.98.